The first-order valence-corrected chi connectivity index (χ1v) is 3.66. The molecule has 1 rings (SSSR count). The molecule has 1 aromatic rings. The maximum atomic E-state index is 11.0. The predicted molar refractivity (Wildman–Crippen MR) is 47.9 cm³/mol. The van der Waals surface area contributed by atoms with Crippen molar-refractivity contribution in [1.82, 2.24) is 10.3 Å². The fourth-order valence-electron chi connectivity index (χ4n) is 0.748. The van der Waals surface area contributed by atoms with Gasteiger partial charge < -0.3 is 10.3 Å². The molecular formula is C9H10N2O. The highest BCUT2D eigenvalue weighted by molar-refractivity contribution is 5.31. The van der Waals surface area contributed by atoms with E-state index in [4.69, 9.17) is 0 Å². The molecule has 2 N–H and O–H groups in total. The SMILES string of the molecule is CNCC#Cc1ccc[nH]c1=O. The van der Waals surface area contributed by atoms with Crippen molar-refractivity contribution in [3.63, 3.8) is 0 Å². The van der Waals surface area contributed by atoms with E-state index in [9.17, 15) is 4.79 Å². The average Bonchev–Trinajstić information content (AvgIpc) is 2.09. The van der Waals surface area contributed by atoms with E-state index in [0.29, 0.717) is 12.1 Å². The van der Waals surface area contributed by atoms with Crippen LogP contribution in [0, 0.1) is 11.8 Å². The van der Waals surface area contributed by atoms with Crippen LogP contribution in [0.5, 0.6) is 0 Å². The zero-order valence-corrected chi connectivity index (χ0v) is 6.85. The molecule has 1 aromatic heterocycles. The highest BCUT2D eigenvalue weighted by atomic mass is 16.1. The Kier molecular flexibility index (Phi) is 3.12. The molecule has 0 amide bonds. The van der Waals surface area contributed by atoms with E-state index in [-0.39, 0.29) is 5.56 Å². The van der Waals surface area contributed by atoms with Gasteiger partial charge in [0.15, 0.2) is 0 Å². The molecule has 0 bridgehead atoms. The molecule has 0 aliphatic heterocycles. The molecule has 0 radical (unpaired) electrons. The first kappa shape index (κ1) is 8.57. The molecule has 0 spiro atoms. The Morgan fingerprint density at radius 2 is 2.50 bits per heavy atom. The van der Waals surface area contributed by atoms with Crippen molar-refractivity contribution in [3.8, 4) is 11.8 Å². The molecule has 3 nitrogen and oxygen atoms in total. The Bertz CT molecular complexity index is 357. The van der Waals surface area contributed by atoms with Gasteiger partial charge in [0, 0.05) is 6.20 Å². The van der Waals surface area contributed by atoms with E-state index >= 15 is 0 Å². The van der Waals surface area contributed by atoms with Crippen LogP contribution in [0.2, 0.25) is 0 Å². The molecule has 0 saturated heterocycles. The van der Waals surface area contributed by atoms with Gasteiger partial charge in [-0.25, -0.2) is 0 Å². The minimum atomic E-state index is -0.138. The van der Waals surface area contributed by atoms with Crippen molar-refractivity contribution in [3.05, 3.63) is 34.2 Å². The van der Waals surface area contributed by atoms with E-state index in [1.54, 1.807) is 18.3 Å². The number of H-pyrrole nitrogens is 1. The summed E-state index contributed by atoms with van der Waals surface area (Å²) in [6.45, 7) is 0.592. The summed E-state index contributed by atoms with van der Waals surface area (Å²) in [4.78, 5) is 13.6. The third kappa shape index (κ3) is 2.26. The largest absolute Gasteiger partial charge is 0.328 e. The third-order valence-electron chi connectivity index (χ3n) is 1.31. The summed E-state index contributed by atoms with van der Waals surface area (Å²) in [5, 5.41) is 2.87. The van der Waals surface area contributed by atoms with Crippen LogP contribution in [0.15, 0.2) is 23.1 Å². The number of hydrogen-bond donors (Lipinski definition) is 2. The Morgan fingerprint density at radius 3 is 3.17 bits per heavy atom. The van der Waals surface area contributed by atoms with Gasteiger partial charge >= 0.3 is 0 Å². The van der Waals surface area contributed by atoms with Crippen molar-refractivity contribution in [2.45, 2.75) is 0 Å². The molecule has 0 unspecified atom stereocenters. The van der Waals surface area contributed by atoms with Gasteiger partial charge in [0.1, 0.15) is 0 Å². The Morgan fingerprint density at radius 1 is 1.67 bits per heavy atom. The molecule has 0 aliphatic rings. The maximum absolute atomic E-state index is 11.0. The minimum Gasteiger partial charge on any atom is -0.328 e. The van der Waals surface area contributed by atoms with Gasteiger partial charge in [-0.1, -0.05) is 11.8 Å². The summed E-state index contributed by atoms with van der Waals surface area (Å²) in [7, 11) is 1.81. The topological polar surface area (TPSA) is 44.9 Å². The van der Waals surface area contributed by atoms with Crippen LogP contribution in [-0.4, -0.2) is 18.6 Å². The number of hydrogen-bond acceptors (Lipinski definition) is 2. The molecule has 0 fully saturated rings. The van der Waals surface area contributed by atoms with Crippen molar-refractivity contribution in [2.24, 2.45) is 0 Å². The standard InChI is InChI=1S/C9H10N2O/c1-10-6-2-4-8-5-3-7-11-9(8)12/h3,5,7,10H,6H2,1H3,(H,11,12). The number of aromatic nitrogens is 1. The minimum absolute atomic E-state index is 0.138. The molecule has 0 saturated carbocycles. The zero-order valence-electron chi connectivity index (χ0n) is 6.85. The molecular weight excluding hydrogens is 152 g/mol. The van der Waals surface area contributed by atoms with E-state index in [0.717, 1.165) is 0 Å². The van der Waals surface area contributed by atoms with Gasteiger partial charge in [0.2, 0.25) is 0 Å². The highest BCUT2D eigenvalue weighted by Crippen LogP contribution is 1.83. The van der Waals surface area contributed by atoms with Crippen molar-refractivity contribution < 1.29 is 0 Å². The molecule has 3 heteroatoms. The van der Waals surface area contributed by atoms with Crippen LogP contribution in [0.1, 0.15) is 5.56 Å². The summed E-state index contributed by atoms with van der Waals surface area (Å²) >= 11 is 0. The molecule has 0 atom stereocenters. The lowest BCUT2D eigenvalue weighted by atomic mass is 10.3. The van der Waals surface area contributed by atoms with E-state index in [1.807, 2.05) is 7.05 Å². The van der Waals surface area contributed by atoms with Crippen LogP contribution in [-0.2, 0) is 0 Å². The van der Waals surface area contributed by atoms with Crippen molar-refractivity contribution in [1.29, 1.82) is 0 Å². The molecule has 0 aliphatic carbocycles. The second kappa shape index (κ2) is 4.37. The highest BCUT2D eigenvalue weighted by Gasteiger charge is 1.89. The summed E-state index contributed by atoms with van der Waals surface area (Å²) in [6.07, 6.45) is 1.59. The van der Waals surface area contributed by atoms with Gasteiger partial charge in [-0.2, -0.15) is 0 Å². The first-order chi connectivity index (χ1) is 5.84. The lowest BCUT2D eigenvalue weighted by Crippen LogP contribution is -2.09. The van der Waals surface area contributed by atoms with Gasteiger partial charge in [-0.3, -0.25) is 4.79 Å². The lowest BCUT2D eigenvalue weighted by molar-refractivity contribution is 0.938. The number of pyridine rings is 1. The summed E-state index contributed by atoms with van der Waals surface area (Å²) in [6, 6.07) is 3.45. The van der Waals surface area contributed by atoms with E-state index in [1.165, 1.54) is 0 Å². The van der Waals surface area contributed by atoms with Gasteiger partial charge in [0.05, 0.1) is 12.1 Å². The van der Waals surface area contributed by atoms with Crippen LogP contribution in [0.25, 0.3) is 0 Å². The summed E-state index contributed by atoms with van der Waals surface area (Å²) in [5.74, 6) is 5.57. The smallest absolute Gasteiger partial charge is 0.263 e. The molecule has 1 heterocycles. The number of nitrogens with one attached hydrogen (secondary N) is 2. The number of rotatable bonds is 1. The zero-order chi connectivity index (χ0) is 8.81. The average molecular weight is 162 g/mol. The monoisotopic (exact) mass is 162 g/mol. The fourth-order valence-corrected chi connectivity index (χ4v) is 0.748. The second-order valence-electron chi connectivity index (χ2n) is 2.25. The quantitative estimate of drug-likeness (QED) is 0.568. The van der Waals surface area contributed by atoms with E-state index in [2.05, 4.69) is 22.1 Å². The molecule has 12 heavy (non-hydrogen) atoms. The fraction of sp³-hybridized carbons (Fsp3) is 0.222. The van der Waals surface area contributed by atoms with Crippen molar-refractivity contribution in [2.75, 3.05) is 13.6 Å². The molecule has 62 valence electrons. The second-order valence-corrected chi connectivity index (χ2v) is 2.25. The van der Waals surface area contributed by atoms with Crippen LogP contribution >= 0.6 is 0 Å². The van der Waals surface area contributed by atoms with E-state index < -0.39 is 0 Å². The van der Waals surface area contributed by atoms with Gasteiger partial charge in [-0.05, 0) is 19.2 Å². The Hall–Kier alpha value is -1.53. The Labute approximate surface area is 70.8 Å². The first-order valence-electron chi connectivity index (χ1n) is 3.66. The van der Waals surface area contributed by atoms with Gasteiger partial charge in [0.25, 0.3) is 5.56 Å². The normalized spacial score (nSPS) is 8.75. The summed E-state index contributed by atoms with van der Waals surface area (Å²) < 4.78 is 0. The molecule has 0 aromatic carbocycles. The number of aromatic amines is 1. The maximum Gasteiger partial charge on any atom is 0.263 e. The summed E-state index contributed by atoms with van der Waals surface area (Å²) in [5.41, 5.74) is 0.369. The van der Waals surface area contributed by atoms with Crippen LogP contribution < -0.4 is 10.9 Å². The lowest BCUT2D eigenvalue weighted by Gasteiger charge is -1.86. The predicted octanol–water partition coefficient (Wildman–Crippen LogP) is -0.0542. The van der Waals surface area contributed by atoms with Crippen LogP contribution in [0.3, 0.4) is 0 Å². The van der Waals surface area contributed by atoms with Crippen LogP contribution in [0.4, 0.5) is 0 Å². The third-order valence-corrected chi connectivity index (χ3v) is 1.31. The van der Waals surface area contributed by atoms with Gasteiger partial charge in [-0.15, -0.1) is 0 Å². The Balaban J connectivity index is 2.85. The van der Waals surface area contributed by atoms with Crippen molar-refractivity contribution >= 4 is 0 Å².